The summed E-state index contributed by atoms with van der Waals surface area (Å²) in [6.45, 7) is 4.78. The molecule has 0 radical (unpaired) electrons. The fraction of sp³-hybridized carbons (Fsp3) is 0.846. The van der Waals surface area contributed by atoms with E-state index in [9.17, 15) is 0 Å². The van der Waals surface area contributed by atoms with Gasteiger partial charge in [-0.25, -0.2) is 0 Å². The molecule has 0 spiro atoms. The Kier molecular flexibility index (Phi) is 10.5. The van der Waals surface area contributed by atoms with Gasteiger partial charge in [0.2, 0.25) is 0 Å². The van der Waals surface area contributed by atoms with Gasteiger partial charge < -0.3 is 5.11 Å². The molecule has 0 unspecified atom stereocenters. The fourth-order valence-electron chi connectivity index (χ4n) is 1.46. The molecule has 0 atom stereocenters. The zero-order valence-corrected chi connectivity index (χ0v) is 9.89. The standard InChI is InChI=1S/C13H26O/c1-3-13(2)11-9-7-5-4-6-8-10-12-14/h11,14H,3-10,12H2,1-2H3/b13-11+. The molecule has 0 aliphatic rings. The van der Waals surface area contributed by atoms with Crippen LogP contribution in [-0.2, 0) is 0 Å². The summed E-state index contributed by atoms with van der Waals surface area (Å²) >= 11 is 0. The molecule has 1 heteroatoms. The molecule has 0 rings (SSSR count). The van der Waals surface area contributed by atoms with Crippen LogP contribution in [0.15, 0.2) is 11.6 Å². The normalized spacial score (nSPS) is 12.1. The topological polar surface area (TPSA) is 20.2 Å². The van der Waals surface area contributed by atoms with Gasteiger partial charge in [0.1, 0.15) is 0 Å². The Morgan fingerprint density at radius 1 is 1.00 bits per heavy atom. The van der Waals surface area contributed by atoms with Crippen molar-refractivity contribution in [2.45, 2.75) is 65.2 Å². The number of aliphatic hydroxyl groups is 1. The van der Waals surface area contributed by atoms with E-state index in [2.05, 4.69) is 19.9 Å². The molecular formula is C13H26O. The van der Waals surface area contributed by atoms with Crippen LogP contribution in [-0.4, -0.2) is 11.7 Å². The number of aliphatic hydroxyl groups excluding tert-OH is 1. The molecule has 0 bridgehead atoms. The molecule has 0 saturated heterocycles. The second-order valence-corrected chi connectivity index (χ2v) is 4.04. The number of hydrogen-bond acceptors (Lipinski definition) is 1. The number of unbranched alkanes of at least 4 members (excludes halogenated alkanes) is 6. The van der Waals surface area contributed by atoms with Crippen LogP contribution in [0.25, 0.3) is 0 Å². The van der Waals surface area contributed by atoms with Gasteiger partial charge in [-0.3, -0.25) is 0 Å². The lowest BCUT2D eigenvalue weighted by atomic mass is 10.1. The van der Waals surface area contributed by atoms with E-state index in [4.69, 9.17) is 5.11 Å². The van der Waals surface area contributed by atoms with Gasteiger partial charge in [0.25, 0.3) is 0 Å². The van der Waals surface area contributed by atoms with Crippen molar-refractivity contribution in [3.05, 3.63) is 11.6 Å². The Labute approximate surface area is 89.2 Å². The highest BCUT2D eigenvalue weighted by Gasteiger charge is 1.90. The van der Waals surface area contributed by atoms with Gasteiger partial charge in [0.15, 0.2) is 0 Å². The number of hydrogen-bond donors (Lipinski definition) is 1. The van der Waals surface area contributed by atoms with Crippen molar-refractivity contribution < 1.29 is 5.11 Å². The molecule has 0 fully saturated rings. The van der Waals surface area contributed by atoms with Crippen molar-refractivity contribution in [3.8, 4) is 0 Å². The van der Waals surface area contributed by atoms with Crippen LogP contribution >= 0.6 is 0 Å². The van der Waals surface area contributed by atoms with Crippen LogP contribution in [0.3, 0.4) is 0 Å². The minimum Gasteiger partial charge on any atom is -0.396 e. The molecule has 1 N–H and O–H groups in total. The lowest BCUT2D eigenvalue weighted by Crippen LogP contribution is -1.83. The first-order chi connectivity index (χ1) is 6.81. The largest absolute Gasteiger partial charge is 0.396 e. The molecule has 1 nitrogen and oxygen atoms in total. The summed E-state index contributed by atoms with van der Waals surface area (Å²) in [5.74, 6) is 0. The third kappa shape index (κ3) is 9.79. The maximum atomic E-state index is 8.59. The molecule has 0 amide bonds. The molecule has 14 heavy (non-hydrogen) atoms. The number of allylic oxidation sites excluding steroid dienone is 2. The first-order valence-electron chi connectivity index (χ1n) is 6.07. The van der Waals surface area contributed by atoms with Crippen molar-refractivity contribution in [1.29, 1.82) is 0 Å². The molecule has 0 aliphatic carbocycles. The van der Waals surface area contributed by atoms with E-state index in [1.807, 2.05) is 0 Å². The second kappa shape index (κ2) is 10.8. The quantitative estimate of drug-likeness (QED) is 0.437. The molecule has 0 aromatic heterocycles. The SMILES string of the molecule is CC/C(C)=C/CCCCCCCCO. The van der Waals surface area contributed by atoms with Gasteiger partial charge in [0, 0.05) is 6.61 Å². The van der Waals surface area contributed by atoms with Crippen molar-refractivity contribution in [2.75, 3.05) is 6.61 Å². The molecule has 0 saturated carbocycles. The number of rotatable bonds is 9. The predicted molar refractivity (Wildman–Crippen MR) is 63.5 cm³/mol. The van der Waals surface area contributed by atoms with E-state index in [-0.39, 0.29) is 0 Å². The summed E-state index contributed by atoms with van der Waals surface area (Å²) < 4.78 is 0. The smallest absolute Gasteiger partial charge is 0.0431 e. The molecule has 84 valence electrons. The van der Waals surface area contributed by atoms with Gasteiger partial charge in [-0.15, -0.1) is 0 Å². The summed E-state index contributed by atoms with van der Waals surface area (Å²) in [5, 5.41) is 8.59. The predicted octanol–water partition coefficient (Wildman–Crippen LogP) is 4.07. The maximum absolute atomic E-state index is 8.59. The monoisotopic (exact) mass is 198 g/mol. The maximum Gasteiger partial charge on any atom is 0.0431 e. The van der Waals surface area contributed by atoms with Crippen LogP contribution in [0, 0.1) is 0 Å². The van der Waals surface area contributed by atoms with E-state index >= 15 is 0 Å². The Bertz CT molecular complexity index is 138. The van der Waals surface area contributed by atoms with E-state index < -0.39 is 0 Å². The van der Waals surface area contributed by atoms with Crippen molar-refractivity contribution in [1.82, 2.24) is 0 Å². The van der Waals surface area contributed by atoms with Crippen LogP contribution < -0.4 is 0 Å². The lowest BCUT2D eigenvalue weighted by Gasteiger charge is -1.99. The Hall–Kier alpha value is -0.300. The van der Waals surface area contributed by atoms with Crippen molar-refractivity contribution >= 4 is 0 Å². The van der Waals surface area contributed by atoms with Gasteiger partial charge in [-0.1, -0.05) is 44.3 Å². The summed E-state index contributed by atoms with van der Waals surface area (Å²) in [4.78, 5) is 0. The van der Waals surface area contributed by atoms with Crippen LogP contribution in [0.4, 0.5) is 0 Å². The summed E-state index contributed by atoms with van der Waals surface area (Å²) in [6, 6.07) is 0. The highest BCUT2D eigenvalue weighted by molar-refractivity contribution is 4.96. The highest BCUT2D eigenvalue weighted by atomic mass is 16.2. The second-order valence-electron chi connectivity index (χ2n) is 4.04. The minimum atomic E-state index is 0.360. The average Bonchev–Trinajstić information content (AvgIpc) is 2.21. The van der Waals surface area contributed by atoms with E-state index in [0.29, 0.717) is 6.61 Å². The van der Waals surface area contributed by atoms with E-state index in [1.54, 1.807) is 0 Å². The van der Waals surface area contributed by atoms with Crippen LogP contribution in [0.2, 0.25) is 0 Å². The molecule has 0 aliphatic heterocycles. The Balaban J connectivity index is 3.06. The van der Waals surface area contributed by atoms with Gasteiger partial charge in [-0.2, -0.15) is 0 Å². The first-order valence-corrected chi connectivity index (χ1v) is 6.07. The molecule has 0 aromatic carbocycles. The first kappa shape index (κ1) is 13.7. The molecular weight excluding hydrogens is 172 g/mol. The highest BCUT2D eigenvalue weighted by Crippen LogP contribution is 2.09. The lowest BCUT2D eigenvalue weighted by molar-refractivity contribution is 0.282. The zero-order chi connectivity index (χ0) is 10.6. The fourth-order valence-corrected chi connectivity index (χ4v) is 1.46. The molecule has 0 aromatic rings. The van der Waals surface area contributed by atoms with Crippen LogP contribution in [0.1, 0.15) is 65.2 Å². The van der Waals surface area contributed by atoms with Gasteiger partial charge >= 0.3 is 0 Å². The van der Waals surface area contributed by atoms with Crippen molar-refractivity contribution in [2.24, 2.45) is 0 Å². The van der Waals surface area contributed by atoms with Crippen molar-refractivity contribution in [3.63, 3.8) is 0 Å². The zero-order valence-electron chi connectivity index (χ0n) is 9.89. The minimum absolute atomic E-state index is 0.360. The van der Waals surface area contributed by atoms with Crippen LogP contribution in [0.5, 0.6) is 0 Å². The third-order valence-corrected chi connectivity index (χ3v) is 2.66. The van der Waals surface area contributed by atoms with Gasteiger partial charge in [-0.05, 0) is 32.6 Å². The summed E-state index contributed by atoms with van der Waals surface area (Å²) in [7, 11) is 0. The summed E-state index contributed by atoms with van der Waals surface area (Å²) in [6.07, 6.45) is 12.3. The Morgan fingerprint density at radius 2 is 1.57 bits per heavy atom. The average molecular weight is 198 g/mol. The van der Waals surface area contributed by atoms with E-state index in [1.165, 1.54) is 50.5 Å². The molecule has 0 heterocycles. The van der Waals surface area contributed by atoms with Gasteiger partial charge in [0.05, 0.1) is 0 Å². The van der Waals surface area contributed by atoms with E-state index in [0.717, 1.165) is 6.42 Å². The Morgan fingerprint density at radius 3 is 2.14 bits per heavy atom. The third-order valence-electron chi connectivity index (χ3n) is 2.66. The summed E-state index contributed by atoms with van der Waals surface area (Å²) in [5.41, 5.74) is 1.52.